The van der Waals surface area contributed by atoms with Gasteiger partial charge >= 0.3 is 0 Å². The maximum absolute atomic E-state index is 3.79. The Morgan fingerprint density at radius 1 is 1.35 bits per heavy atom. The zero-order valence-corrected chi connectivity index (χ0v) is 11.4. The Balaban J connectivity index is 1.56. The van der Waals surface area contributed by atoms with Crippen LogP contribution in [0.25, 0.3) is 0 Å². The van der Waals surface area contributed by atoms with Gasteiger partial charge in [0.05, 0.1) is 0 Å². The van der Waals surface area contributed by atoms with Crippen molar-refractivity contribution >= 4 is 11.3 Å². The summed E-state index contributed by atoms with van der Waals surface area (Å²) in [5.74, 6) is 0.833. The molecule has 2 atom stereocenters. The molecule has 2 heterocycles. The SMILES string of the molecule is CN1CC(Cc2ccsc2)CC(NC2CC2)C1. The predicted octanol–water partition coefficient (Wildman–Crippen LogP) is 2.36. The van der Waals surface area contributed by atoms with E-state index in [4.69, 9.17) is 0 Å². The van der Waals surface area contributed by atoms with Gasteiger partial charge in [-0.1, -0.05) is 0 Å². The lowest BCUT2D eigenvalue weighted by molar-refractivity contribution is 0.168. The molecule has 0 radical (unpaired) electrons. The van der Waals surface area contributed by atoms with E-state index in [1.54, 1.807) is 0 Å². The third-order valence-electron chi connectivity index (χ3n) is 3.87. The molecular weight excluding hydrogens is 228 g/mol. The number of hydrogen-bond donors (Lipinski definition) is 1. The Kier molecular flexibility index (Phi) is 3.50. The zero-order chi connectivity index (χ0) is 11.7. The van der Waals surface area contributed by atoms with Crippen molar-refractivity contribution in [1.82, 2.24) is 10.2 Å². The topological polar surface area (TPSA) is 15.3 Å². The van der Waals surface area contributed by atoms with Crippen LogP contribution in [0.15, 0.2) is 16.8 Å². The fourth-order valence-corrected chi connectivity index (χ4v) is 3.72. The second-order valence-electron chi connectivity index (χ2n) is 5.80. The van der Waals surface area contributed by atoms with Crippen LogP contribution in [-0.4, -0.2) is 37.1 Å². The summed E-state index contributed by atoms with van der Waals surface area (Å²) < 4.78 is 0. The number of nitrogens with one attached hydrogen (secondary N) is 1. The lowest BCUT2D eigenvalue weighted by Gasteiger charge is -2.36. The highest BCUT2D eigenvalue weighted by atomic mass is 32.1. The van der Waals surface area contributed by atoms with Crippen molar-refractivity contribution in [2.45, 2.75) is 37.8 Å². The van der Waals surface area contributed by atoms with Crippen LogP contribution in [-0.2, 0) is 6.42 Å². The fraction of sp³-hybridized carbons (Fsp3) is 0.714. The van der Waals surface area contributed by atoms with E-state index in [-0.39, 0.29) is 0 Å². The van der Waals surface area contributed by atoms with Crippen LogP contribution in [0.2, 0.25) is 0 Å². The Hall–Kier alpha value is -0.380. The molecule has 1 N–H and O–H groups in total. The second-order valence-corrected chi connectivity index (χ2v) is 6.58. The van der Waals surface area contributed by atoms with Crippen LogP contribution in [0.5, 0.6) is 0 Å². The van der Waals surface area contributed by atoms with Gasteiger partial charge in [0.1, 0.15) is 0 Å². The average Bonchev–Trinajstić information content (AvgIpc) is 2.92. The summed E-state index contributed by atoms with van der Waals surface area (Å²) in [7, 11) is 2.27. The molecule has 1 aliphatic carbocycles. The summed E-state index contributed by atoms with van der Waals surface area (Å²) in [6.07, 6.45) is 5.41. The highest BCUT2D eigenvalue weighted by molar-refractivity contribution is 7.07. The Bertz CT molecular complexity index is 343. The number of rotatable bonds is 4. The molecule has 3 heteroatoms. The van der Waals surface area contributed by atoms with E-state index in [2.05, 4.69) is 34.1 Å². The van der Waals surface area contributed by atoms with E-state index >= 15 is 0 Å². The third kappa shape index (κ3) is 3.30. The maximum Gasteiger partial charge on any atom is 0.0200 e. The summed E-state index contributed by atoms with van der Waals surface area (Å²) in [6, 6.07) is 3.85. The standard InChI is InChI=1S/C14H22N2S/c1-16-8-12(6-11-4-5-17-10-11)7-14(9-16)15-13-2-3-13/h4-5,10,12-15H,2-3,6-9H2,1H3. The van der Waals surface area contributed by atoms with Crippen LogP contribution in [0.3, 0.4) is 0 Å². The molecule has 1 saturated carbocycles. The summed E-state index contributed by atoms with van der Waals surface area (Å²) >= 11 is 1.82. The molecular formula is C14H22N2S. The van der Waals surface area contributed by atoms with Gasteiger partial charge in [-0.25, -0.2) is 0 Å². The monoisotopic (exact) mass is 250 g/mol. The maximum atomic E-state index is 3.79. The molecule has 0 bridgehead atoms. The largest absolute Gasteiger partial charge is 0.310 e. The van der Waals surface area contributed by atoms with Gasteiger partial charge in [-0.05, 0) is 61.0 Å². The molecule has 2 fully saturated rings. The van der Waals surface area contributed by atoms with Crippen molar-refractivity contribution in [3.8, 4) is 0 Å². The van der Waals surface area contributed by atoms with Crippen LogP contribution in [0.4, 0.5) is 0 Å². The van der Waals surface area contributed by atoms with Crippen LogP contribution < -0.4 is 5.32 Å². The van der Waals surface area contributed by atoms with Crippen LogP contribution >= 0.6 is 11.3 Å². The number of hydrogen-bond acceptors (Lipinski definition) is 3. The Morgan fingerprint density at radius 2 is 2.24 bits per heavy atom. The number of likely N-dealkylation sites (N-methyl/N-ethyl adjacent to an activating group) is 1. The highest BCUT2D eigenvalue weighted by Crippen LogP contribution is 2.25. The molecule has 1 saturated heterocycles. The quantitative estimate of drug-likeness (QED) is 0.882. The summed E-state index contributed by atoms with van der Waals surface area (Å²) in [4.78, 5) is 2.50. The van der Waals surface area contributed by atoms with Gasteiger partial charge in [-0.3, -0.25) is 0 Å². The number of likely N-dealkylation sites (tertiary alicyclic amines) is 1. The van der Waals surface area contributed by atoms with E-state index in [1.807, 2.05) is 11.3 Å². The highest BCUT2D eigenvalue weighted by Gasteiger charge is 2.30. The number of piperidine rings is 1. The van der Waals surface area contributed by atoms with Crippen LogP contribution in [0.1, 0.15) is 24.8 Å². The molecule has 3 rings (SSSR count). The minimum absolute atomic E-state index is 0.727. The number of nitrogens with zero attached hydrogens (tertiary/aromatic N) is 1. The van der Waals surface area contributed by atoms with Crippen molar-refractivity contribution in [2.75, 3.05) is 20.1 Å². The number of thiophene rings is 1. The molecule has 2 aliphatic rings. The van der Waals surface area contributed by atoms with E-state index in [9.17, 15) is 0 Å². The smallest absolute Gasteiger partial charge is 0.0200 e. The minimum Gasteiger partial charge on any atom is -0.310 e. The van der Waals surface area contributed by atoms with E-state index in [0.29, 0.717) is 0 Å². The second kappa shape index (κ2) is 5.09. The summed E-state index contributed by atoms with van der Waals surface area (Å²) in [5, 5.41) is 8.29. The van der Waals surface area contributed by atoms with Crippen LogP contribution in [0, 0.1) is 5.92 Å². The molecule has 0 aromatic carbocycles. The molecule has 1 aliphatic heterocycles. The van der Waals surface area contributed by atoms with Crippen molar-refractivity contribution in [3.63, 3.8) is 0 Å². The molecule has 17 heavy (non-hydrogen) atoms. The Morgan fingerprint density at radius 3 is 2.94 bits per heavy atom. The van der Waals surface area contributed by atoms with Gasteiger partial charge in [-0.2, -0.15) is 11.3 Å². The first-order chi connectivity index (χ1) is 8.29. The van der Waals surface area contributed by atoms with Gasteiger partial charge in [-0.15, -0.1) is 0 Å². The summed E-state index contributed by atoms with van der Waals surface area (Å²) in [6.45, 7) is 2.50. The molecule has 1 aromatic rings. The molecule has 0 spiro atoms. The first-order valence-electron chi connectivity index (χ1n) is 6.75. The van der Waals surface area contributed by atoms with Gasteiger partial charge in [0.25, 0.3) is 0 Å². The minimum atomic E-state index is 0.727. The molecule has 2 unspecified atom stereocenters. The van der Waals surface area contributed by atoms with Gasteiger partial charge < -0.3 is 10.2 Å². The third-order valence-corrected chi connectivity index (χ3v) is 4.61. The normalized spacial score (nSPS) is 30.6. The van der Waals surface area contributed by atoms with E-state index in [0.717, 1.165) is 18.0 Å². The lowest BCUT2D eigenvalue weighted by Crippen LogP contribution is -2.48. The van der Waals surface area contributed by atoms with Crippen molar-refractivity contribution in [3.05, 3.63) is 22.4 Å². The molecule has 2 nitrogen and oxygen atoms in total. The average molecular weight is 250 g/mol. The summed E-state index contributed by atoms with van der Waals surface area (Å²) in [5.41, 5.74) is 1.53. The first-order valence-corrected chi connectivity index (χ1v) is 7.69. The van der Waals surface area contributed by atoms with Gasteiger partial charge in [0.15, 0.2) is 0 Å². The van der Waals surface area contributed by atoms with Crippen molar-refractivity contribution in [2.24, 2.45) is 5.92 Å². The lowest BCUT2D eigenvalue weighted by atomic mass is 9.89. The fourth-order valence-electron chi connectivity index (χ4n) is 3.04. The van der Waals surface area contributed by atoms with Crippen molar-refractivity contribution in [1.29, 1.82) is 0 Å². The molecule has 1 aromatic heterocycles. The first kappa shape index (κ1) is 11.7. The van der Waals surface area contributed by atoms with Crippen molar-refractivity contribution < 1.29 is 0 Å². The zero-order valence-electron chi connectivity index (χ0n) is 10.6. The molecule has 94 valence electrons. The van der Waals surface area contributed by atoms with Gasteiger partial charge in [0.2, 0.25) is 0 Å². The van der Waals surface area contributed by atoms with Gasteiger partial charge in [0, 0.05) is 25.2 Å². The van der Waals surface area contributed by atoms with E-state index < -0.39 is 0 Å². The van der Waals surface area contributed by atoms with E-state index in [1.165, 1.54) is 44.3 Å². The Labute approximate surface area is 108 Å². The predicted molar refractivity (Wildman–Crippen MR) is 73.6 cm³/mol. The molecule has 0 amide bonds.